The van der Waals surface area contributed by atoms with Gasteiger partial charge in [0, 0.05) is 0 Å². The molecule has 0 bridgehead atoms. The Balaban J connectivity index is 1.68. The molecule has 0 unspecified atom stereocenters. The summed E-state index contributed by atoms with van der Waals surface area (Å²) in [7, 11) is 0. The minimum atomic E-state index is -0.571. The Bertz CT molecular complexity index is 996. The molecule has 0 saturated carbocycles. The Morgan fingerprint density at radius 2 is 1.62 bits per heavy atom. The number of hydrogen-bond donors (Lipinski definition) is 3. The lowest BCUT2D eigenvalue weighted by molar-refractivity contribution is -0.119. The van der Waals surface area contributed by atoms with Crippen molar-refractivity contribution < 1.29 is 9.59 Å². The van der Waals surface area contributed by atoms with E-state index in [-0.39, 0.29) is 17.4 Å². The minimum Gasteiger partial charge on any atom is -0.366 e. The van der Waals surface area contributed by atoms with Crippen LogP contribution in [0.5, 0.6) is 0 Å². The molecule has 3 rings (SSSR count). The van der Waals surface area contributed by atoms with Gasteiger partial charge in [-0.05, 0) is 40.7 Å². The van der Waals surface area contributed by atoms with E-state index in [1.807, 2.05) is 42.5 Å². The van der Waals surface area contributed by atoms with Crippen LogP contribution in [0.4, 0.5) is 5.69 Å². The first-order valence-corrected chi connectivity index (χ1v) is 8.42. The van der Waals surface area contributed by atoms with Crippen LogP contribution in [-0.2, 0) is 11.2 Å². The molecule has 2 amide bonds. The van der Waals surface area contributed by atoms with Gasteiger partial charge in [-0.1, -0.05) is 54.6 Å². The number of carbonyl (C=O) groups excluding carboxylic acids is 2. The Morgan fingerprint density at radius 1 is 0.923 bits per heavy atom. The van der Waals surface area contributed by atoms with Crippen LogP contribution in [0.2, 0.25) is 0 Å². The van der Waals surface area contributed by atoms with Crippen molar-refractivity contribution in [2.24, 2.45) is 5.73 Å². The zero-order valence-electron chi connectivity index (χ0n) is 13.9. The van der Waals surface area contributed by atoms with Gasteiger partial charge in [0.2, 0.25) is 5.91 Å². The van der Waals surface area contributed by atoms with Crippen molar-refractivity contribution in [3.05, 3.63) is 77.9 Å². The highest BCUT2D eigenvalue weighted by Crippen LogP contribution is 2.19. The molecule has 0 spiro atoms. The molecule has 0 aliphatic carbocycles. The molecule has 26 heavy (non-hydrogen) atoms. The van der Waals surface area contributed by atoms with Crippen LogP contribution in [0, 0.1) is 0 Å². The van der Waals surface area contributed by atoms with Crippen molar-refractivity contribution in [1.82, 2.24) is 5.32 Å². The monoisotopic (exact) mass is 363 g/mol. The van der Waals surface area contributed by atoms with E-state index in [2.05, 4.69) is 10.6 Å². The van der Waals surface area contributed by atoms with E-state index in [1.165, 1.54) is 0 Å². The van der Waals surface area contributed by atoms with Gasteiger partial charge in [-0.2, -0.15) is 0 Å². The zero-order valence-corrected chi connectivity index (χ0v) is 14.7. The largest absolute Gasteiger partial charge is 0.366 e. The molecule has 0 saturated heterocycles. The van der Waals surface area contributed by atoms with Crippen LogP contribution in [0.15, 0.2) is 66.7 Å². The number of thiocarbonyl (C=S) groups is 1. The molecule has 0 aromatic heterocycles. The summed E-state index contributed by atoms with van der Waals surface area (Å²) in [6.07, 6.45) is 0.195. The highest BCUT2D eigenvalue weighted by molar-refractivity contribution is 7.80. The second kappa shape index (κ2) is 7.76. The average Bonchev–Trinajstić information content (AvgIpc) is 2.62. The number of rotatable bonds is 4. The Hall–Kier alpha value is -3.25. The highest BCUT2D eigenvalue weighted by atomic mass is 32.1. The molecule has 3 aromatic carbocycles. The fourth-order valence-corrected chi connectivity index (χ4v) is 2.97. The van der Waals surface area contributed by atoms with Crippen molar-refractivity contribution in [2.45, 2.75) is 6.42 Å². The summed E-state index contributed by atoms with van der Waals surface area (Å²) in [5.74, 6) is -0.812. The SMILES string of the molecule is NC(=O)c1ccccc1NC(=S)NC(=O)Cc1cccc2ccccc12. The third-order valence-corrected chi connectivity index (χ3v) is 4.13. The van der Waals surface area contributed by atoms with Crippen molar-refractivity contribution in [2.75, 3.05) is 5.32 Å². The molecule has 0 fully saturated rings. The molecule has 4 N–H and O–H groups in total. The van der Waals surface area contributed by atoms with Crippen molar-refractivity contribution >= 4 is 45.6 Å². The van der Waals surface area contributed by atoms with Crippen LogP contribution in [0.3, 0.4) is 0 Å². The van der Waals surface area contributed by atoms with Gasteiger partial charge in [0.05, 0.1) is 17.7 Å². The van der Waals surface area contributed by atoms with E-state index in [0.717, 1.165) is 16.3 Å². The van der Waals surface area contributed by atoms with Gasteiger partial charge >= 0.3 is 0 Å². The van der Waals surface area contributed by atoms with Gasteiger partial charge in [0.15, 0.2) is 5.11 Å². The smallest absolute Gasteiger partial charge is 0.250 e. The normalized spacial score (nSPS) is 10.3. The third kappa shape index (κ3) is 4.04. The predicted molar refractivity (Wildman–Crippen MR) is 107 cm³/mol. The maximum absolute atomic E-state index is 12.3. The van der Waals surface area contributed by atoms with E-state index in [4.69, 9.17) is 18.0 Å². The maximum Gasteiger partial charge on any atom is 0.250 e. The number of hydrogen-bond acceptors (Lipinski definition) is 3. The van der Waals surface area contributed by atoms with E-state index < -0.39 is 5.91 Å². The molecule has 130 valence electrons. The van der Waals surface area contributed by atoms with Gasteiger partial charge in [-0.15, -0.1) is 0 Å². The Morgan fingerprint density at radius 3 is 2.42 bits per heavy atom. The molecule has 6 heteroatoms. The lowest BCUT2D eigenvalue weighted by Gasteiger charge is -2.12. The van der Waals surface area contributed by atoms with E-state index in [9.17, 15) is 9.59 Å². The van der Waals surface area contributed by atoms with Crippen molar-refractivity contribution in [3.8, 4) is 0 Å². The fraction of sp³-hybridized carbons (Fsp3) is 0.0500. The molecular formula is C20H17N3O2S. The first kappa shape index (κ1) is 17.6. The summed E-state index contributed by atoms with van der Waals surface area (Å²) in [5, 5.41) is 7.70. The molecular weight excluding hydrogens is 346 g/mol. The summed E-state index contributed by atoms with van der Waals surface area (Å²) < 4.78 is 0. The van der Waals surface area contributed by atoms with E-state index >= 15 is 0 Å². The summed E-state index contributed by atoms with van der Waals surface area (Å²) in [4.78, 5) is 23.8. The molecule has 5 nitrogen and oxygen atoms in total. The van der Waals surface area contributed by atoms with Gasteiger partial charge in [-0.25, -0.2) is 0 Å². The second-order valence-electron chi connectivity index (χ2n) is 5.73. The van der Waals surface area contributed by atoms with Crippen LogP contribution < -0.4 is 16.4 Å². The van der Waals surface area contributed by atoms with E-state index in [0.29, 0.717) is 11.3 Å². The molecule has 0 heterocycles. The first-order chi connectivity index (χ1) is 12.5. The maximum atomic E-state index is 12.3. The van der Waals surface area contributed by atoms with Gasteiger partial charge < -0.3 is 16.4 Å². The number of primary amides is 1. The molecule has 0 atom stereocenters. The number of nitrogens with one attached hydrogen (secondary N) is 2. The molecule has 0 aliphatic heterocycles. The molecule has 0 aliphatic rings. The van der Waals surface area contributed by atoms with Crippen LogP contribution in [0.1, 0.15) is 15.9 Å². The van der Waals surface area contributed by atoms with Crippen molar-refractivity contribution in [3.63, 3.8) is 0 Å². The fourth-order valence-electron chi connectivity index (χ4n) is 2.75. The lowest BCUT2D eigenvalue weighted by atomic mass is 10.0. The Kier molecular flexibility index (Phi) is 5.24. The quantitative estimate of drug-likeness (QED) is 0.622. The average molecular weight is 363 g/mol. The van der Waals surface area contributed by atoms with Gasteiger partial charge in [-0.3, -0.25) is 9.59 Å². The number of nitrogens with two attached hydrogens (primary N) is 1. The topological polar surface area (TPSA) is 84.2 Å². The van der Waals surface area contributed by atoms with Crippen LogP contribution >= 0.6 is 12.2 Å². The van der Waals surface area contributed by atoms with Crippen molar-refractivity contribution in [1.29, 1.82) is 0 Å². The highest BCUT2D eigenvalue weighted by Gasteiger charge is 2.11. The summed E-state index contributed by atoms with van der Waals surface area (Å²) >= 11 is 5.18. The third-order valence-electron chi connectivity index (χ3n) is 3.92. The van der Waals surface area contributed by atoms with Gasteiger partial charge in [0.25, 0.3) is 5.91 Å². The number of para-hydroxylation sites is 1. The summed E-state index contributed by atoms with van der Waals surface area (Å²) in [6, 6.07) is 20.4. The standard InChI is InChI=1S/C20H17N3O2S/c21-19(25)16-10-3-4-11-17(16)22-20(26)23-18(24)12-14-8-5-7-13-6-1-2-9-15(13)14/h1-11H,12H2,(H2,21,25)(H2,22,23,24,26). The van der Waals surface area contributed by atoms with Gasteiger partial charge in [0.1, 0.15) is 0 Å². The van der Waals surface area contributed by atoms with E-state index in [1.54, 1.807) is 24.3 Å². The molecule has 0 radical (unpaired) electrons. The minimum absolute atomic E-state index is 0.115. The lowest BCUT2D eigenvalue weighted by Crippen LogP contribution is -2.35. The molecule has 3 aromatic rings. The summed E-state index contributed by atoms with van der Waals surface area (Å²) in [5.41, 5.74) is 7.01. The summed E-state index contributed by atoms with van der Waals surface area (Å²) in [6.45, 7) is 0. The van der Waals surface area contributed by atoms with Crippen LogP contribution in [0.25, 0.3) is 10.8 Å². The second-order valence-corrected chi connectivity index (χ2v) is 6.14. The number of anilines is 1. The first-order valence-electron chi connectivity index (χ1n) is 8.01. The number of amides is 2. The van der Waals surface area contributed by atoms with Crippen LogP contribution in [-0.4, -0.2) is 16.9 Å². The number of benzene rings is 3. The zero-order chi connectivity index (χ0) is 18.5. The Labute approximate surface area is 156 Å². The number of carbonyl (C=O) groups is 2. The predicted octanol–water partition coefficient (Wildman–Crippen LogP) is 2.99. The number of fused-ring (bicyclic) bond motifs is 1.